The molecular formula is C12H21NO2. The molecule has 15 heavy (non-hydrogen) atoms. The Morgan fingerprint density at radius 1 is 1.33 bits per heavy atom. The highest BCUT2D eigenvalue weighted by molar-refractivity contribution is 5.83. The standard InChI is InChI=1S/C12H21NO2/c14-9-12(6-2-7-12)11(15)13-8-5-10-3-1-4-10/h10,14H,1-9H2,(H,13,15). The molecule has 0 aromatic heterocycles. The van der Waals surface area contributed by atoms with Gasteiger partial charge in [-0.1, -0.05) is 25.7 Å². The first-order chi connectivity index (χ1) is 7.27. The molecule has 0 spiro atoms. The van der Waals surface area contributed by atoms with Crippen LogP contribution in [0.3, 0.4) is 0 Å². The summed E-state index contributed by atoms with van der Waals surface area (Å²) in [6, 6.07) is 0. The maximum atomic E-state index is 11.8. The minimum absolute atomic E-state index is 0.0161. The molecule has 0 aliphatic heterocycles. The van der Waals surface area contributed by atoms with Gasteiger partial charge in [0.15, 0.2) is 0 Å². The molecule has 2 rings (SSSR count). The zero-order valence-corrected chi connectivity index (χ0v) is 9.30. The number of hydrogen-bond donors (Lipinski definition) is 2. The summed E-state index contributed by atoms with van der Waals surface area (Å²) < 4.78 is 0. The summed E-state index contributed by atoms with van der Waals surface area (Å²) in [5.41, 5.74) is -0.417. The highest BCUT2D eigenvalue weighted by Crippen LogP contribution is 2.40. The molecule has 0 aromatic rings. The molecule has 2 aliphatic carbocycles. The molecule has 2 N–H and O–H groups in total. The van der Waals surface area contributed by atoms with Crippen molar-refractivity contribution in [1.29, 1.82) is 0 Å². The van der Waals surface area contributed by atoms with Gasteiger partial charge in [-0.15, -0.1) is 0 Å². The number of carbonyl (C=O) groups is 1. The molecule has 2 fully saturated rings. The van der Waals surface area contributed by atoms with Crippen LogP contribution in [0, 0.1) is 11.3 Å². The largest absolute Gasteiger partial charge is 0.395 e. The van der Waals surface area contributed by atoms with Crippen molar-refractivity contribution in [3.8, 4) is 0 Å². The lowest BCUT2D eigenvalue weighted by Crippen LogP contribution is -2.48. The third kappa shape index (κ3) is 2.17. The normalized spacial score (nSPS) is 24.1. The zero-order chi connectivity index (χ0) is 10.7. The lowest BCUT2D eigenvalue weighted by Gasteiger charge is -2.38. The van der Waals surface area contributed by atoms with Crippen LogP contribution in [0.25, 0.3) is 0 Å². The predicted octanol–water partition coefficient (Wildman–Crippen LogP) is 1.46. The van der Waals surface area contributed by atoms with Gasteiger partial charge in [0.1, 0.15) is 0 Å². The molecule has 0 heterocycles. The molecule has 2 aliphatic rings. The number of nitrogens with one attached hydrogen (secondary N) is 1. The maximum absolute atomic E-state index is 11.8. The molecule has 1 amide bonds. The fraction of sp³-hybridized carbons (Fsp3) is 0.917. The van der Waals surface area contributed by atoms with Crippen LogP contribution in [0.2, 0.25) is 0 Å². The van der Waals surface area contributed by atoms with Gasteiger partial charge in [0.2, 0.25) is 5.91 Å². The molecule has 3 heteroatoms. The first-order valence-electron chi connectivity index (χ1n) is 6.16. The Hall–Kier alpha value is -0.570. The molecule has 0 atom stereocenters. The fourth-order valence-corrected chi connectivity index (χ4v) is 2.42. The topological polar surface area (TPSA) is 49.3 Å². The van der Waals surface area contributed by atoms with Crippen LogP contribution < -0.4 is 5.32 Å². The molecule has 0 saturated heterocycles. The Morgan fingerprint density at radius 3 is 2.47 bits per heavy atom. The Labute approximate surface area is 91.2 Å². The van der Waals surface area contributed by atoms with Gasteiger partial charge in [-0.05, 0) is 25.2 Å². The Bertz CT molecular complexity index is 226. The van der Waals surface area contributed by atoms with E-state index >= 15 is 0 Å². The first-order valence-corrected chi connectivity index (χ1v) is 6.16. The average Bonchev–Trinajstić information content (AvgIpc) is 2.08. The van der Waals surface area contributed by atoms with Gasteiger partial charge in [0.25, 0.3) is 0 Å². The van der Waals surface area contributed by atoms with Crippen molar-refractivity contribution in [3.05, 3.63) is 0 Å². The molecule has 0 unspecified atom stereocenters. The van der Waals surface area contributed by atoms with E-state index in [4.69, 9.17) is 0 Å². The van der Waals surface area contributed by atoms with E-state index in [1.165, 1.54) is 19.3 Å². The summed E-state index contributed by atoms with van der Waals surface area (Å²) in [5, 5.41) is 12.2. The van der Waals surface area contributed by atoms with Crippen LogP contribution in [-0.4, -0.2) is 24.2 Å². The highest BCUT2D eigenvalue weighted by Gasteiger charge is 2.43. The van der Waals surface area contributed by atoms with Gasteiger partial charge >= 0.3 is 0 Å². The summed E-state index contributed by atoms with van der Waals surface area (Å²) in [7, 11) is 0. The van der Waals surface area contributed by atoms with Gasteiger partial charge in [0.05, 0.1) is 12.0 Å². The quantitative estimate of drug-likeness (QED) is 0.723. The molecular weight excluding hydrogens is 190 g/mol. The van der Waals surface area contributed by atoms with E-state index in [-0.39, 0.29) is 12.5 Å². The van der Waals surface area contributed by atoms with Gasteiger partial charge in [-0.25, -0.2) is 0 Å². The average molecular weight is 211 g/mol. The van der Waals surface area contributed by atoms with Crippen molar-refractivity contribution in [2.24, 2.45) is 11.3 Å². The lowest BCUT2D eigenvalue weighted by atomic mass is 9.68. The number of amides is 1. The van der Waals surface area contributed by atoms with E-state index in [9.17, 15) is 9.90 Å². The molecule has 3 nitrogen and oxygen atoms in total. The molecule has 86 valence electrons. The van der Waals surface area contributed by atoms with Crippen LogP contribution in [0.4, 0.5) is 0 Å². The third-order valence-electron chi connectivity index (χ3n) is 4.16. The van der Waals surface area contributed by atoms with Crippen LogP contribution in [0.15, 0.2) is 0 Å². The van der Waals surface area contributed by atoms with Crippen molar-refractivity contribution in [1.82, 2.24) is 5.32 Å². The second kappa shape index (κ2) is 4.52. The van der Waals surface area contributed by atoms with E-state index in [0.717, 1.165) is 38.1 Å². The second-order valence-corrected chi connectivity index (χ2v) is 5.13. The molecule has 0 radical (unpaired) electrons. The van der Waals surface area contributed by atoms with E-state index in [1.807, 2.05) is 0 Å². The third-order valence-corrected chi connectivity index (χ3v) is 4.16. The van der Waals surface area contributed by atoms with Crippen LogP contribution in [0.1, 0.15) is 44.9 Å². The van der Waals surface area contributed by atoms with Crippen molar-refractivity contribution >= 4 is 5.91 Å². The summed E-state index contributed by atoms with van der Waals surface area (Å²) in [5.74, 6) is 0.923. The van der Waals surface area contributed by atoms with Crippen molar-refractivity contribution in [2.75, 3.05) is 13.2 Å². The van der Waals surface area contributed by atoms with Gasteiger partial charge in [-0.3, -0.25) is 4.79 Å². The SMILES string of the molecule is O=C(NCCC1CCC1)C1(CO)CCC1. The Morgan fingerprint density at radius 2 is 2.07 bits per heavy atom. The minimum atomic E-state index is -0.417. The highest BCUT2D eigenvalue weighted by atomic mass is 16.3. The molecule has 0 bridgehead atoms. The molecule has 2 saturated carbocycles. The van der Waals surface area contributed by atoms with Crippen molar-refractivity contribution < 1.29 is 9.90 Å². The van der Waals surface area contributed by atoms with Crippen molar-refractivity contribution in [3.63, 3.8) is 0 Å². The van der Waals surface area contributed by atoms with Crippen molar-refractivity contribution in [2.45, 2.75) is 44.9 Å². The number of carbonyl (C=O) groups excluding carboxylic acids is 1. The monoisotopic (exact) mass is 211 g/mol. The van der Waals surface area contributed by atoms with Crippen LogP contribution in [0.5, 0.6) is 0 Å². The zero-order valence-electron chi connectivity index (χ0n) is 9.30. The van der Waals surface area contributed by atoms with E-state index in [0.29, 0.717) is 0 Å². The van der Waals surface area contributed by atoms with Crippen LogP contribution >= 0.6 is 0 Å². The van der Waals surface area contributed by atoms with Gasteiger partial charge in [0, 0.05) is 6.54 Å². The number of rotatable bonds is 5. The Kier molecular flexibility index (Phi) is 3.29. The van der Waals surface area contributed by atoms with Crippen LogP contribution in [-0.2, 0) is 4.79 Å². The number of aliphatic hydroxyl groups is 1. The van der Waals surface area contributed by atoms with Gasteiger partial charge < -0.3 is 10.4 Å². The summed E-state index contributed by atoms with van der Waals surface area (Å²) in [4.78, 5) is 11.8. The van der Waals surface area contributed by atoms with Gasteiger partial charge in [-0.2, -0.15) is 0 Å². The maximum Gasteiger partial charge on any atom is 0.228 e. The van der Waals surface area contributed by atoms with E-state index in [2.05, 4.69) is 5.32 Å². The summed E-state index contributed by atoms with van der Waals surface area (Å²) in [6.07, 6.45) is 7.95. The fourth-order valence-electron chi connectivity index (χ4n) is 2.42. The number of aliphatic hydroxyl groups excluding tert-OH is 1. The minimum Gasteiger partial charge on any atom is -0.395 e. The lowest BCUT2D eigenvalue weighted by molar-refractivity contribution is -0.139. The summed E-state index contributed by atoms with van der Waals surface area (Å²) in [6.45, 7) is 0.813. The second-order valence-electron chi connectivity index (χ2n) is 5.13. The van der Waals surface area contributed by atoms with E-state index < -0.39 is 5.41 Å². The first kappa shape index (κ1) is 10.9. The smallest absolute Gasteiger partial charge is 0.228 e. The summed E-state index contributed by atoms with van der Waals surface area (Å²) >= 11 is 0. The molecule has 0 aromatic carbocycles. The number of hydrogen-bond acceptors (Lipinski definition) is 2. The Balaban J connectivity index is 1.67. The predicted molar refractivity (Wildman–Crippen MR) is 58.3 cm³/mol. The van der Waals surface area contributed by atoms with E-state index in [1.54, 1.807) is 0 Å².